The number of carbonyl (C=O) groups excluding carboxylic acids is 1. The Kier molecular flexibility index (Phi) is 3.41. The standard InChI is InChI=1S/C19H16FN3O/c1-12-5-7-13(8-6-12)16-10-18(24)22-19-17(16)11-21-23(19)15-4-2-3-14(20)9-15/h2-9,11,16H,10H2,1H3,(H,22,24). The van der Waals surface area contributed by atoms with Crippen molar-refractivity contribution in [2.75, 3.05) is 5.32 Å². The molecule has 4 nitrogen and oxygen atoms in total. The monoisotopic (exact) mass is 321 g/mol. The summed E-state index contributed by atoms with van der Waals surface area (Å²) in [5.74, 6) is 0.166. The molecule has 1 aliphatic heterocycles. The van der Waals surface area contributed by atoms with Crippen molar-refractivity contribution in [1.82, 2.24) is 9.78 Å². The van der Waals surface area contributed by atoms with E-state index in [4.69, 9.17) is 0 Å². The van der Waals surface area contributed by atoms with Gasteiger partial charge in [-0.25, -0.2) is 9.07 Å². The molecule has 1 N–H and O–H groups in total. The maximum Gasteiger partial charge on any atom is 0.226 e. The van der Waals surface area contributed by atoms with Gasteiger partial charge in [0.05, 0.1) is 11.9 Å². The predicted octanol–water partition coefficient (Wildman–Crippen LogP) is 3.79. The lowest BCUT2D eigenvalue weighted by Crippen LogP contribution is -2.24. The third kappa shape index (κ3) is 2.48. The molecule has 3 aromatic rings. The second-order valence-electron chi connectivity index (χ2n) is 6.06. The van der Waals surface area contributed by atoms with Crippen LogP contribution in [-0.4, -0.2) is 15.7 Å². The van der Waals surface area contributed by atoms with Crippen LogP contribution in [0.3, 0.4) is 0 Å². The van der Waals surface area contributed by atoms with E-state index >= 15 is 0 Å². The van der Waals surface area contributed by atoms with Crippen LogP contribution >= 0.6 is 0 Å². The van der Waals surface area contributed by atoms with Crippen LogP contribution in [0.2, 0.25) is 0 Å². The molecule has 0 spiro atoms. The van der Waals surface area contributed by atoms with Crippen molar-refractivity contribution in [2.24, 2.45) is 0 Å². The molecule has 4 rings (SSSR count). The number of nitrogens with zero attached hydrogens (tertiary/aromatic N) is 2. The van der Waals surface area contributed by atoms with E-state index in [1.54, 1.807) is 23.0 Å². The number of rotatable bonds is 2. The zero-order valence-corrected chi connectivity index (χ0v) is 13.2. The average molecular weight is 321 g/mol. The molecule has 1 atom stereocenters. The first kappa shape index (κ1) is 14.6. The number of aromatic nitrogens is 2. The van der Waals surface area contributed by atoms with Gasteiger partial charge in [0, 0.05) is 17.9 Å². The van der Waals surface area contributed by atoms with Gasteiger partial charge in [0.2, 0.25) is 5.91 Å². The lowest BCUT2D eigenvalue weighted by atomic mass is 9.87. The molecule has 0 saturated heterocycles. The van der Waals surface area contributed by atoms with Crippen LogP contribution in [0.15, 0.2) is 54.7 Å². The second-order valence-corrected chi connectivity index (χ2v) is 6.06. The number of nitrogens with one attached hydrogen (secondary N) is 1. The molecule has 120 valence electrons. The Bertz CT molecular complexity index is 915. The van der Waals surface area contributed by atoms with Crippen molar-refractivity contribution in [2.45, 2.75) is 19.3 Å². The third-order valence-electron chi connectivity index (χ3n) is 4.35. The van der Waals surface area contributed by atoms with Gasteiger partial charge in [0.15, 0.2) is 0 Å². The minimum absolute atomic E-state index is 0.0448. The van der Waals surface area contributed by atoms with Crippen LogP contribution in [0.25, 0.3) is 5.69 Å². The fraction of sp³-hybridized carbons (Fsp3) is 0.158. The Labute approximate surface area is 138 Å². The number of anilines is 1. The van der Waals surface area contributed by atoms with Crippen LogP contribution in [0, 0.1) is 12.7 Å². The maximum atomic E-state index is 13.5. The number of hydrogen-bond acceptors (Lipinski definition) is 2. The van der Waals surface area contributed by atoms with E-state index < -0.39 is 0 Å². The number of fused-ring (bicyclic) bond motifs is 1. The van der Waals surface area contributed by atoms with Crippen LogP contribution in [-0.2, 0) is 4.79 Å². The normalized spacial score (nSPS) is 16.6. The highest BCUT2D eigenvalue weighted by atomic mass is 19.1. The van der Waals surface area contributed by atoms with Crippen molar-refractivity contribution in [3.05, 3.63) is 77.2 Å². The van der Waals surface area contributed by atoms with Crippen molar-refractivity contribution in [3.8, 4) is 5.69 Å². The SMILES string of the molecule is Cc1ccc(C2CC(=O)Nc3c2cnn3-c2cccc(F)c2)cc1. The minimum Gasteiger partial charge on any atom is -0.310 e. The molecule has 0 bridgehead atoms. The number of benzene rings is 2. The largest absolute Gasteiger partial charge is 0.310 e. The Morgan fingerprint density at radius 1 is 1.21 bits per heavy atom. The summed E-state index contributed by atoms with van der Waals surface area (Å²) in [5.41, 5.74) is 3.79. The highest BCUT2D eigenvalue weighted by Crippen LogP contribution is 2.38. The van der Waals surface area contributed by atoms with E-state index in [2.05, 4.69) is 10.4 Å². The number of amides is 1. The summed E-state index contributed by atoms with van der Waals surface area (Å²) in [7, 11) is 0. The van der Waals surface area contributed by atoms with Crippen molar-refractivity contribution >= 4 is 11.7 Å². The van der Waals surface area contributed by atoms with E-state index in [-0.39, 0.29) is 17.6 Å². The topological polar surface area (TPSA) is 46.9 Å². The molecule has 1 aromatic heterocycles. The lowest BCUT2D eigenvalue weighted by molar-refractivity contribution is -0.116. The van der Waals surface area contributed by atoms with E-state index in [0.29, 0.717) is 17.9 Å². The molecule has 24 heavy (non-hydrogen) atoms. The predicted molar refractivity (Wildman–Crippen MR) is 89.8 cm³/mol. The smallest absolute Gasteiger partial charge is 0.226 e. The summed E-state index contributed by atoms with van der Waals surface area (Å²) >= 11 is 0. The summed E-state index contributed by atoms with van der Waals surface area (Å²) in [6, 6.07) is 14.3. The summed E-state index contributed by atoms with van der Waals surface area (Å²) in [5, 5.41) is 7.25. The minimum atomic E-state index is -0.339. The Morgan fingerprint density at radius 2 is 2.00 bits per heavy atom. The van der Waals surface area contributed by atoms with Crippen LogP contribution in [0.4, 0.5) is 10.2 Å². The van der Waals surface area contributed by atoms with Crippen molar-refractivity contribution in [1.29, 1.82) is 0 Å². The fourth-order valence-electron chi connectivity index (χ4n) is 3.12. The molecule has 5 heteroatoms. The molecule has 1 aliphatic rings. The summed E-state index contributed by atoms with van der Waals surface area (Å²) < 4.78 is 15.1. The van der Waals surface area contributed by atoms with Crippen molar-refractivity contribution < 1.29 is 9.18 Å². The van der Waals surface area contributed by atoms with Gasteiger partial charge in [-0.2, -0.15) is 5.10 Å². The molecule has 2 aromatic carbocycles. The Balaban J connectivity index is 1.81. The lowest BCUT2D eigenvalue weighted by Gasteiger charge is -2.24. The van der Waals surface area contributed by atoms with E-state index in [1.165, 1.54) is 17.7 Å². The van der Waals surface area contributed by atoms with E-state index in [1.807, 2.05) is 31.2 Å². The van der Waals surface area contributed by atoms with Gasteiger partial charge < -0.3 is 5.32 Å². The molecule has 0 saturated carbocycles. The van der Waals surface area contributed by atoms with Gasteiger partial charge in [-0.05, 0) is 30.7 Å². The molecule has 1 amide bonds. The molecule has 1 unspecified atom stereocenters. The first-order chi connectivity index (χ1) is 11.6. The van der Waals surface area contributed by atoms with Crippen LogP contribution in [0.5, 0.6) is 0 Å². The fourth-order valence-corrected chi connectivity index (χ4v) is 3.12. The Hall–Kier alpha value is -2.95. The van der Waals surface area contributed by atoms with Crippen LogP contribution < -0.4 is 5.32 Å². The zero-order valence-electron chi connectivity index (χ0n) is 13.2. The molecule has 0 aliphatic carbocycles. The Morgan fingerprint density at radius 3 is 2.75 bits per heavy atom. The summed E-state index contributed by atoms with van der Waals surface area (Å²) in [6.45, 7) is 2.03. The van der Waals surface area contributed by atoms with E-state index in [9.17, 15) is 9.18 Å². The van der Waals surface area contributed by atoms with Gasteiger partial charge >= 0.3 is 0 Å². The summed E-state index contributed by atoms with van der Waals surface area (Å²) in [6.07, 6.45) is 2.13. The molecule has 2 heterocycles. The van der Waals surface area contributed by atoms with Gasteiger partial charge in [-0.3, -0.25) is 4.79 Å². The molecule has 0 radical (unpaired) electrons. The van der Waals surface area contributed by atoms with Crippen LogP contribution in [0.1, 0.15) is 29.0 Å². The van der Waals surface area contributed by atoms with Gasteiger partial charge in [0.25, 0.3) is 0 Å². The molecular weight excluding hydrogens is 305 g/mol. The quantitative estimate of drug-likeness (QED) is 0.780. The summed E-state index contributed by atoms with van der Waals surface area (Å²) in [4.78, 5) is 12.2. The number of halogens is 1. The first-order valence-electron chi connectivity index (χ1n) is 7.82. The second kappa shape index (κ2) is 5.60. The number of hydrogen-bond donors (Lipinski definition) is 1. The van der Waals surface area contributed by atoms with E-state index in [0.717, 1.165) is 11.1 Å². The third-order valence-corrected chi connectivity index (χ3v) is 4.35. The van der Waals surface area contributed by atoms with Gasteiger partial charge in [0.1, 0.15) is 11.6 Å². The van der Waals surface area contributed by atoms with Gasteiger partial charge in [-0.1, -0.05) is 35.9 Å². The number of aryl methyl sites for hydroxylation is 1. The average Bonchev–Trinajstić information content (AvgIpc) is 2.98. The highest BCUT2D eigenvalue weighted by molar-refractivity contribution is 5.94. The molecular formula is C19H16FN3O. The van der Waals surface area contributed by atoms with Gasteiger partial charge in [-0.15, -0.1) is 0 Å². The molecule has 0 fully saturated rings. The maximum absolute atomic E-state index is 13.5. The van der Waals surface area contributed by atoms with Crippen molar-refractivity contribution in [3.63, 3.8) is 0 Å². The highest BCUT2D eigenvalue weighted by Gasteiger charge is 2.30. The number of carbonyl (C=O) groups is 1. The zero-order chi connectivity index (χ0) is 16.7. The first-order valence-corrected chi connectivity index (χ1v) is 7.82.